The van der Waals surface area contributed by atoms with Crippen LogP contribution in [0.25, 0.3) is 0 Å². The van der Waals surface area contributed by atoms with E-state index in [9.17, 15) is 9.59 Å². The molecular weight excluding hydrogens is 234 g/mol. The van der Waals surface area contributed by atoms with Crippen LogP contribution in [-0.2, 0) is 16.1 Å². The van der Waals surface area contributed by atoms with E-state index in [2.05, 4.69) is 15.6 Å². The number of rotatable bonds is 3. The second kappa shape index (κ2) is 4.75. The van der Waals surface area contributed by atoms with Crippen molar-refractivity contribution in [1.29, 1.82) is 0 Å². The molecule has 2 amide bonds. The van der Waals surface area contributed by atoms with E-state index in [0.717, 1.165) is 0 Å². The lowest BCUT2D eigenvalue weighted by Crippen LogP contribution is -2.63. The summed E-state index contributed by atoms with van der Waals surface area (Å²) < 4.78 is 1.61. The Hall–Kier alpha value is -1.92. The van der Waals surface area contributed by atoms with E-state index >= 15 is 0 Å². The van der Waals surface area contributed by atoms with Gasteiger partial charge in [-0.1, -0.05) is 5.21 Å². The lowest BCUT2D eigenvalue weighted by atomic mass is 9.98. The first-order valence-corrected chi connectivity index (χ1v) is 5.94. The molecule has 2 heterocycles. The molecule has 1 N–H and O–H groups in total. The molecule has 0 aliphatic carbocycles. The zero-order valence-electron chi connectivity index (χ0n) is 10.6. The van der Waals surface area contributed by atoms with Crippen molar-refractivity contribution in [3.05, 3.63) is 12.4 Å². The molecule has 0 atom stereocenters. The molecule has 7 heteroatoms. The monoisotopic (exact) mass is 251 g/mol. The van der Waals surface area contributed by atoms with Crippen LogP contribution in [0.15, 0.2) is 12.4 Å². The van der Waals surface area contributed by atoms with Gasteiger partial charge in [-0.15, -0.1) is 5.10 Å². The highest BCUT2D eigenvalue weighted by atomic mass is 16.2. The summed E-state index contributed by atoms with van der Waals surface area (Å²) >= 11 is 0. The summed E-state index contributed by atoms with van der Waals surface area (Å²) in [5.74, 6) is -0.145. The van der Waals surface area contributed by atoms with Crippen molar-refractivity contribution in [3.8, 4) is 0 Å². The van der Waals surface area contributed by atoms with Gasteiger partial charge in [-0.3, -0.25) is 14.3 Å². The molecule has 0 radical (unpaired) electrons. The van der Waals surface area contributed by atoms with Gasteiger partial charge in [0.1, 0.15) is 5.54 Å². The van der Waals surface area contributed by atoms with Crippen molar-refractivity contribution in [1.82, 2.24) is 25.2 Å². The summed E-state index contributed by atoms with van der Waals surface area (Å²) in [6.45, 7) is 5.06. The molecule has 2 rings (SSSR count). The van der Waals surface area contributed by atoms with Crippen molar-refractivity contribution < 1.29 is 9.59 Å². The fourth-order valence-corrected chi connectivity index (χ4v) is 2.03. The molecular formula is C11H17N5O2. The largest absolute Gasteiger partial charge is 0.352 e. The van der Waals surface area contributed by atoms with Gasteiger partial charge < -0.3 is 10.2 Å². The number of hydrogen-bond donors (Lipinski definition) is 1. The first-order valence-electron chi connectivity index (χ1n) is 5.94. The van der Waals surface area contributed by atoms with E-state index < -0.39 is 5.54 Å². The molecule has 18 heavy (non-hydrogen) atoms. The maximum atomic E-state index is 12.1. The summed E-state index contributed by atoms with van der Waals surface area (Å²) in [7, 11) is 0. The Morgan fingerprint density at radius 3 is 3.00 bits per heavy atom. The Labute approximate surface area is 105 Å². The summed E-state index contributed by atoms with van der Waals surface area (Å²) in [5, 5.41) is 10.2. The molecule has 0 aromatic carbocycles. The van der Waals surface area contributed by atoms with Crippen LogP contribution in [0.3, 0.4) is 0 Å². The van der Waals surface area contributed by atoms with Crippen LogP contribution in [0.4, 0.5) is 0 Å². The highest BCUT2D eigenvalue weighted by molar-refractivity contribution is 5.91. The Morgan fingerprint density at radius 2 is 2.33 bits per heavy atom. The zero-order chi connectivity index (χ0) is 13.2. The molecule has 1 fully saturated rings. The third kappa shape index (κ3) is 2.34. The second-order valence-electron chi connectivity index (χ2n) is 4.78. The number of nitrogens with one attached hydrogen (secondary N) is 1. The van der Waals surface area contributed by atoms with Gasteiger partial charge in [0.25, 0.3) is 0 Å². The second-order valence-corrected chi connectivity index (χ2v) is 4.78. The summed E-state index contributed by atoms with van der Waals surface area (Å²) in [4.78, 5) is 25.5. The molecule has 0 spiro atoms. The molecule has 1 aromatic rings. The number of piperazine rings is 1. The normalized spacial score (nSPS) is 18.6. The van der Waals surface area contributed by atoms with Gasteiger partial charge in [0.15, 0.2) is 0 Å². The average molecular weight is 251 g/mol. The van der Waals surface area contributed by atoms with E-state index in [4.69, 9.17) is 0 Å². The fraction of sp³-hybridized carbons (Fsp3) is 0.636. The SMILES string of the molecule is CC1(C)C(=O)NCCN1C(=O)CCn1ccnn1. The van der Waals surface area contributed by atoms with Crippen LogP contribution < -0.4 is 5.32 Å². The van der Waals surface area contributed by atoms with Crippen molar-refractivity contribution in [2.24, 2.45) is 0 Å². The molecule has 0 saturated carbocycles. The first-order chi connectivity index (χ1) is 8.51. The molecule has 7 nitrogen and oxygen atoms in total. The van der Waals surface area contributed by atoms with Gasteiger partial charge in [0.05, 0.1) is 12.7 Å². The molecule has 1 saturated heterocycles. The summed E-state index contributed by atoms with van der Waals surface area (Å²) in [6.07, 6.45) is 3.60. The van der Waals surface area contributed by atoms with Crippen molar-refractivity contribution in [2.45, 2.75) is 32.4 Å². The first kappa shape index (κ1) is 12.5. The number of amides is 2. The maximum Gasteiger partial charge on any atom is 0.245 e. The number of aromatic nitrogens is 3. The highest BCUT2D eigenvalue weighted by Crippen LogP contribution is 2.18. The quantitative estimate of drug-likeness (QED) is 0.778. The van der Waals surface area contributed by atoms with Crippen LogP contribution in [0.1, 0.15) is 20.3 Å². The molecule has 0 bridgehead atoms. The van der Waals surface area contributed by atoms with Gasteiger partial charge in [-0.05, 0) is 13.8 Å². The Balaban J connectivity index is 1.97. The molecule has 1 aliphatic heterocycles. The van der Waals surface area contributed by atoms with E-state index in [1.165, 1.54) is 0 Å². The molecule has 1 aromatic heterocycles. The van der Waals surface area contributed by atoms with Gasteiger partial charge >= 0.3 is 0 Å². The Bertz CT molecular complexity index is 440. The Morgan fingerprint density at radius 1 is 1.56 bits per heavy atom. The smallest absolute Gasteiger partial charge is 0.245 e. The minimum absolute atomic E-state index is 0.0367. The standard InChI is InChI=1S/C11H17N5O2/c1-11(2)10(18)12-4-8-16(11)9(17)3-6-15-7-5-13-14-15/h5,7H,3-4,6,8H2,1-2H3,(H,12,18). The van der Waals surface area contributed by atoms with Crippen LogP contribution in [0, 0.1) is 0 Å². The third-order valence-electron chi connectivity index (χ3n) is 3.18. The zero-order valence-corrected chi connectivity index (χ0v) is 10.6. The predicted octanol–water partition coefficient (Wildman–Crippen LogP) is -0.595. The topological polar surface area (TPSA) is 80.1 Å². The van der Waals surface area contributed by atoms with Crippen LogP contribution in [0.5, 0.6) is 0 Å². The average Bonchev–Trinajstić information content (AvgIpc) is 2.82. The summed E-state index contributed by atoms with van der Waals surface area (Å²) in [5.41, 5.74) is -0.780. The van der Waals surface area contributed by atoms with E-state index in [1.54, 1.807) is 35.8 Å². The lowest BCUT2D eigenvalue weighted by Gasteiger charge is -2.41. The minimum atomic E-state index is -0.780. The third-order valence-corrected chi connectivity index (χ3v) is 3.18. The van der Waals surface area contributed by atoms with Gasteiger partial charge in [0.2, 0.25) is 11.8 Å². The number of carbonyl (C=O) groups is 2. The number of carbonyl (C=O) groups excluding carboxylic acids is 2. The number of hydrogen-bond acceptors (Lipinski definition) is 4. The van der Waals surface area contributed by atoms with Crippen LogP contribution >= 0.6 is 0 Å². The maximum absolute atomic E-state index is 12.1. The van der Waals surface area contributed by atoms with Gasteiger partial charge in [-0.2, -0.15) is 0 Å². The lowest BCUT2D eigenvalue weighted by molar-refractivity contribution is -0.149. The number of nitrogens with zero attached hydrogens (tertiary/aromatic N) is 4. The summed E-state index contributed by atoms with van der Waals surface area (Å²) in [6, 6.07) is 0. The van der Waals surface area contributed by atoms with Crippen LogP contribution in [0.2, 0.25) is 0 Å². The van der Waals surface area contributed by atoms with Gasteiger partial charge in [-0.25, -0.2) is 0 Å². The van der Waals surface area contributed by atoms with Gasteiger partial charge in [0, 0.05) is 25.7 Å². The molecule has 98 valence electrons. The molecule has 1 aliphatic rings. The molecule has 0 unspecified atom stereocenters. The van der Waals surface area contributed by atoms with Crippen molar-refractivity contribution in [3.63, 3.8) is 0 Å². The van der Waals surface area contributed by atoms with E-state index in [-0.39, 0.29) is 11.8 Å². The van der Waals surface area contributed by atoms with Crippen molar-refractivity contribution >= 4 is 11.8 Å². The van der Waals surface area contributed by atoms with Crippen LogP contribution in [-0.4, -0.2) is 50.3 Å². The van der Waals surface area contributed by atoms with Crippen molar-refractivity contribution in [2.75, 3.05) is 13.1 Å². The Kier molecular flexibility index (Phi) is 3.31. The highest BCUT2D eigenvalue weighted by Gasteiger charge is 2.39. The number of aryl methyl sites for hydroxylation is 1. The predicted molar refractivity (Wildman–Crippen MR) is 63.4 cm³/mol. The van der Waals surface area contributed by atoms with E-state index in [1.807, 2.05) is 0 Å². The van der Waals surface area contributed by atoms with E-state index in [0.29, 0.717) is 26.1 Å². The fourth-order valence-electron chi connectivity index (χ4n) is 2.03. The minimum Gasteiger partial charge on any atom is -0.352 e.